The number of carbonyl (C=O) groups is 2. The topological polar surface area (TPSA) is 34.1 Å². The minimum atomic E-state index is -0.248. The molecule has 2 nitrogen and oxygen atoms in total. The van der Waals surface area contributed by atoms with Gasteiger partial charge in [-0.15, -0.1) is 0 Å². The Hall–Kier alpha value is -0.920. The van der Waals surface area contributed by atoms with E-state index in [-0.39, 0.29) is 28.4 Å². The second-order valence-electron chi connectivity index (χ2n) is 6.80. The summed E-state index contributed by atoms with van der Waals surface area (Å²) in [6.45, 7) is 10.4. The molecular formula is C15H22O2. The number of hydrogen-bond acceptors (Lipinski definition) is 2. The predicted octanol–water partition coefficient (Wildman–Crippen LogP) is 3.16. The molecule has 0 aromatic heterocycles. The lowest BCUT2D eigenvalue weighted by molar-refractivity contribution is -0.126. The van der Waals surface area contributed by atoms with E-state index in [9.17, 15) is 9.59 Å². The molecule has 0 N–H and O–H groups in total. The van der Waals surface area contributed by atoms with Crippen molar-refractivity contribution in [2.45, 2.75) is 47.5 Å². The minimum absolute atomic E-state index is 0.0233. The highest BCUT2D eigenvalue weighted by atomic mass is 16.1. The van der Waals surface area contributed by atoms with Gasteiger partial charge in [-0.25, -0.2) is 0 Å². The van der Waals surface area contributed by atoms with E-state index in [1.54, 1.807) is 6.08 Å². The number of carbonyl (C=O) groups excluding carboxylic acids is 2. The van der Waals surface area contributed by atoms with Gasteiger partial charge in [0, 0.05) is 23.7 Å². The Morgan fingerprint density at radius 1 is 1.24 bits per heavy atom. The molecule has 3 unspecified atom stereocenters. The van der Waals surface area contributed by atoms with Gasteiger partial charge in [-0.3, -0.25) is 9.59 Å². The summed E-state index contributed by atoms with van der Waals surface area (Å²) >= 11 is 0. The highest BCUT2D eigenvalue weighted by molar-refractivity contribution is 5.98. The van der Waals surface area contributed by atoms with Gasteiger partial charge in [-0.1, -0.05) is 33.3 Å². The van der Waals surface area contributed by atoms with Crippen molar-refractivity contribution in [3.05, 3.63) is 11.6 Å². The van der Waals surface area contributed by atoms with Crippen molar-refractivity contribution in [3.63, 3.8) is 0 Å². The molecule has 0 amide bonds. The summed E-state index contributed by atoms with van der Waals surface area (Å²) in [5, 5.41) is 0. The molecule has 0 heterocycles. The number of Topliss-reactive ketones (excluding diaryl/α,β-unsaturated/α-hetero) is 1. The van der Waals surface area contributed by atoms with Gasteiger partial charge >= 0.3 is 0 Å². The molecule has 2 heteroatoms. The zero-order valence-electron chi connectivity index (χ0n) is 11.5. The first-order valence-corrected chi connectivity index (χ1v) is 6.44. The first kappa shape index (κ1) is 12.5. The third-order valence-corrected chi connectivity index (χ3v) is 5.06. The molecule has 1 fully saturated rings. The van der Waals surface area contributed by atoms with E-state index in [2.05, 4.69) is 20.8 Å². The van der Waals surface area contributed by atoms with Crippen molar-refractivity contribution in [3.8, 4) is 0 Å². The average Bonchev–Trinajstić information content (AvgIpc) is 2.58. The lowest BCUT2D eigenvalue weighted by Gasteiger charge is -2.36. The maximum atomic E-state index is 12.2. The van der Waals surface area contributed by atoms with Crippen LogP contribution < -0.4 is 0 Å². The monoisotopic (exact) mass is 234 g/mol. The Bertz CT molecular complexity index is 417. The Kier molecular flexibility index (Phi) is 2.61. The molecule has 0 aromatic carbocycles. The van der Waals surface area contributed by atoms with E-state index < -0.39 is 0 Å². The molecule has 0 bridgehead atoms. The minimum Gasteiger partial charge on any atom is -0.299 e. The largest absolute Gasteiger partial charge is 0.299 e. The standard InChI is InChI=1S/C15H22O2/c1-9-6-12(16)10(2)15(9,5)11-7-14(3,4)8-13(11)17/h6,10-11H,7-8H2,1-5H3. The van der Waals surface area contributed by atoms with Gasteiger partial charge in [0.25, 0.3) is 0 Å². The molecule has 0 aliphatic heterocycles. The van der Waals surface area contributed by atoms with Crippen LogP contribution in [0.3, 0.4) is 0 Å². The summed E-state index contributed by atoms with van der Waals surface area (Å²) in [5.74, 6) is 0.495. The summed E-state index contributed by atoms with van der Waals surface area (Å²) in [6, 6.07) is 0. The lowest BCUT2D eigenvalue weighted by Crippen LogP contribution is -2.36. The highest BCUT2D eigenvalue weighted by Crippen LogP contribution is 2.55. The van der Waals surface area contributed by atoms with E-state index in [4.69, 9.17) is 0 Å². The lowest BCUT2D eigenvalue weighted by atomic mass is 9.65. The first-order valence-electron chi connectivity index (χ1n) is 6.44. The van der Waals surface area contributed by atoms with E-state index in [0.29, 0.717) is 12.2 Å². The maximum absolute atomic E-state index is 12.2. The molecule has 0 saturated heterocycles. The van der Waals surface area contributed by atoms with Crippen molar-refractivity contribution in [2.75, 3.05) is 0 Å². The van der Waals surface area contributed by atoms with Crippen LogP contribution >= 0.6 is 0 Å². The van der Waals surface area contributed by atoms with Gasteiger partial charge in [0.1, 0.15) is 5.78 Å². The number of allylic oxidation sites excluding steroid dienone is 2. The molecule has 2 aliphatic rings. The van der Waals surface area contributed by atoms with E-state index >= 15 is 0 Å². The second-order valence-corrected chi connectivity index (χ2v) is 6.80. The van der Waals surface area contributed by atoms with Crippen LogP contribution in [0, 0.1) is 22.7 Å². The Balaban J connectivity index is 2.38. The Labute approximate surface area is 103 Å². The molecule has 94 valence electrons. The number of ketones is 2. The first-order chi connectivity index (χ1) is 7.68. The quantitative estimate of drug-likeness (QED) is 0.698. The Morgan fingerprint density at radius 2 is 1.82 bits per heavy atom. The molecule has 0 radical (unpaired) electrons. The zero-order valence-corrected chi connectivity index (χ0v) is 11.5. The van der Waals surface area contributed by atoms with Crippen LogP contribution in [0.1, 0.15) is 47.5 Å². The predicted molar refractivity (Wildman–Crippen MR) is 67.5 cm³/mol. The summed E-state index contributed by atoms with van der Waals surface area (Å²) in [6.07, 6.45) is 3.30. The summed E-state index contributed by atoms with van der Waals surface area (Å²) in [4.78, 5) is 24.1. The van der Waals surface area contributed by atoms with Crippen LogP contribution in [-0.2, 0) is 9.59 Å². The molecule has 2 aliphatic carbocycles. The third kappa shape index (κ3) is 1.69. The van der Waals surface area contributed by atoms with Crippen LogP contribution in [0.25, 0.3) is 0 Å². The smallest absolute Gasteiger partial charge is 0.159 e. The van der Waals surface area contributed by atoms with Gasteiger partial charge in [-0.05, 0) is 24.8 Å². The number of rotatable bonds is 1. The zero-order chi connectivity index (χ0) is 13.0. The van der Waals surface area contributed by atoms with E-state index in [1.165, 1.54) is 0 Å². The summed E-state index contributed by atoms with van der Waals surface area (Å²) in [7, 11) is 0. The van der Waals surface area contributed by atoms with Crippen molar-refractivity contribution < 1.29 is 9.59 Å². The summed E-state index contributed by atoms with van der Waals surface area (Å²) < 4.78 is 0. The van der Waals surface area contributed by atoms with E-state index in [1.807, 2.05) is 13.8 Å². The molecule has 17 heavy (non-hydrogen) atoms. The van der Waals surface area contributed by atoms with Crippen molar-refractivity contribution in [1.29, 1.82) is 0 Å². The second kappa shape index (κ2) is 3.54. The van der Waals surface area contributed by atoms with Gasteiger partial charge in [-0.2, -0.15) is 0 Å². The Morgan fingerprint density at radius 3 is 2.18 bits per heavy atom. The molecular weight excluding hydrogens is 212 g/mol. The van der Waals surface area contributed by atoms with Gasteiger partial charge in [0.2, 0.25) is 0 Å². The van der Waals surface area contributed by atoms with Crippen LogP contribution in [0.2, 0.25) is 0 Å². The fraction of sp³-hybridized carbons (Fsp3) is 0.733. The average molecular weight is 234 g/mol. The molecule has 0 aromatic rings. The normalized spacial score (nSPS) is 40.9. The fourth-order valence-corrected chi connectivity index (χ4v) is 3.59. The molecule has 0 spiro atoms. The van der Waals surface area contributed by atoms with Gasteiger partial charge in [0.05, 0.1) is 0 Å². The van der Waals surface area contributed by atoms with Crippen LogP contribution in [0.4, 0.5) is 0 Å². The van der Waals surface area contributed by atoms with Crippen LogP contribution in [0.5, 0.6) is 0 Å². The molecule has 3 atom stereocenters. The van der Waals surface area contributed by atoms with E-state index in [0.717, 1.165) is 12.0 Å². The number of hydrogen-bond donors (Lipinski definition) is 0. The highest BCUT2D eigenvalue weighted by Gasteiger charge is 2.54. The van der Waals surface area contributed by atoms with Crippen molar-refractivity contribution in [1.82, 2.24) is 0 Å². The fourth-order valence-electron chi connectivity index (χ4n) is 3.59. The SMILES string of the molecule is CC1=CC(=O)C(C)C1(C)C1CC(C)(C)CC1=O. The van der Waals surface area contributed by atoms with Gasteiger partial charge in [0.15, 0.2) is 5.78 Å². The molecule has 1 saturated carbocycles. The van der Waals surface area contributed by atoms with Gasteiger partial charge < -0.3 is 0 Å². The maximum Gasteiger partial charge on any atom is 0.159 e. The summed E-state index contributed by atoms with van der Waals surface area (Å²) in [5.41, 5.74) is 0.935. The van der Waals surface area contributed by atoms with Crippen molar-refractivity contribution in [2.24, 2.45) is 22.7 Å². The molecule has 2 rings (SSSR count). The van der Waals surface area contributed by atoms with Crippen LogP contribution in [0.15, 0.2) is 11.6 Å². The van der Waals surface area contributed by atoms with Crippen molar-refractivity contribution >= 4 is 11.6 Å². The third-order valence-electron chi connectivity index (χ3n) is 5.06. The van der Waals surface area contributed by atoms with Crippen LogP contribution in [-0.4, -0.2) is 11.6 Å².